The number of ketones is 1. The lowest BCUT2D eigenvalue weighted by Crippen LogP contribution is -2.60. The highest BCUT2D eigenvalue weighted by atomic mass is 16.7. The number of hydrogen-bond acceptors (Lipinski definition) is 8. The molecule has 170 valence electrons. The average molecular weight is 442 g/mol. The first-order valence-electron chi connectivity index (χ1n) is 10.5. The Morgan fingerprint density at radius 1 is 1.09 bits per heavy atom. The molecule has 32 heavy (non-hydrogen) atoms. The molecule has 1 fully saturated rings. The van der Waals surface area contributed by atoms with Crippen molar-refractivity contribution in [2.75, 3.05) is 6.61 Å². The molecule has 2 aromatic rings. The number of aliphatic hydroxyl groups is 4. The number of aryl methyl sites for hydroxylation is 1. The first-order valence-corrected chi connectivity index (χ1v) is 10.5. The van der Waals surface area contributed by atoms with Crippen molar-refractivity contribution < 1.29 is 39.8 Å². The van der Waals surface area contributed by atoms with Crippen LogP contribution in [0.25, 0.3) is 6.08 Å². The number of aromatic hydroxyl groups is 1. The number of aliphatic hydroxyl groups excluding tert-OH is 4. The molecule has 0 bridgehead atoms. The van der Waals surface area contributed by atoms with Crippen LogP contribution in [0, 0.1) is 0 Å². The van der Waals surface area contributed by atoms with Crippen LogP contribution >= 0.6 is 0 Å². The molecule has 2 aliphatic rings. The number of Topliss-reactive ketones (excluding diaryl/α,β-unsaturated/α-hetero) is 1. The first-order chi connectivity index (χ1) is 15.4. The van der Waals surface area contributed by atoms with Crippen molar-refractivity contribution in [3.63, 3.8) is 0 Å². The number of phenols is 1. The van der Waals surface area contributed by atoms with Gasteiger partial charge in [-0.2, -0.15) is 0 Å². The second-order valence-corrected chi connectivity index (χ2v) is 8.03. The molecular weight excluding hydrogens is 416 g/mol. The molecule has 0 spiro atoms. The molecule has 1 heterocycles. The zero-order chi connectivity index (χ0) is 22.8. The summed E-state index contributed by atoms with van der Waals surface area (Å²) in [6.45, 7) is -0.605. The fourth-order valence-electron chi connectivity index (χ4n) is 4.02. The highest BCUT2D eigenvalue weighted by Gasteiger charge is 2.45. The van der Waals surface area contributed by atoms with E-state index in [0.717, 1.165) is 17.5 Å². The Kier molecular flexibility index (Phi) is 6.59. The Bertz CT molecular complexity index is 1020. The highest BCUT2D eigenvalue weighted by molar-refractivity contribution is 6.01. The monoisotopic (exact) mass is 442 g/mol. The lowest BCUT2D eigenvalue weighted by Gasteiger charge is -2.39. The topological polar surface area (TPSA) is 137 Å². The van der Waals surface area contributed by atoms with Crippen LogP contribution in [0.5, 0.6) is 11.5 Å². The molecule has 0 aromatic heterocycles. The van der Waals surface area contributed by atoms with Crippen LogP contribution in [0.4, 0.5) is 0 Å². The van der Waals surface area contributed by atoms with E-state index in [9.17, 15) is 30.3 Å². The molecule has 0 saturated carbocycles. The van der Waals surface area contributed by atoms with Crippen molar-refractivity contribution in [1.29, 1.82) is 0 Å². The zero-order valence-electron chi connectivity index (χ0n) is 17.3. The number of benzene rings is 2. The molecule has 0 amide bonds. The number of rotatable bonds is 7. The first kappa shape index (κ1) is 22.4. The van der Waals surface area contributed by atoms with Gasteiger partial charge >= 0.3 is 0 Å². The summed E-state index contributed by atoms with van der Waals surface area (Å²) in [6.07, 6.45) is -1.74. The lowest BCUT2D eigenvalue weighted by molar-refractivity contribution is -0.277. The van der Waals surface area contributed by atoms with Gasteiger partial charge < -0.3 is 35.0 Å². The summed E-state index contributed by atoms with van der Waals surface area (Å²) in [5.41, 5.74) is 3.32. The molecule has 1 aliphatic carbocycles. The number of hydrogen-bond donors (Lipinski definition) is 5. The molecule has 0 unspecified atom stereocenters. The summed E-state index contributed by atoms with van der Waals surface area (Å²) >= 11 is 0. The average Bonchev–Trinajstić information content (AvgIpc) is 3.26. The Labute approximate surface area is 185 Å². The van der Waals surface area contributed by atoms with Crippen LogP contribution in [0.1, 0.15) is 33.5 Å². The van der Waals surface area contributed by atoms with E-state index in [4.69, 9.17) is 9.47 Å². The van der Waals surface area contributed by atoms with Gasteiger partial charge in [0.2, 0.25) is 6.29 Å². The third-order valence-corrected chi connectivity index (χ3v) is 5.86. The molecule has 4 rings (SSSR count). The van der Waals surface area contributed by atoms with Crippen molar-refractivity contribution in [3.8, 4) is 11.5 Å². The smallest absolute Gasteiger partial charge is 0.229 e. The SMILES string of the molecule is O=C(CCc1ccc2c(c1)C=CC2)c1c(O)cccc1O[C@@H]1O[C@H](CO)[C@@H](O)[C@H](O)[C@H]1O. The van der Waals surface area contributed by atoms with Crippen molar-refractivity contribution in [2.24, 2.45) is 0 Å². The number of carbonyl (C=O) groups is 1. The van der Waals surface area contributed by atoms with Crippen LogP contribution in [0.15, 0.2) is 42.5 Å². The Balaban J connectivity index is 1.50. The number of allylic oxidation sites excluding steroid dienone is 1. The van der Waals surface area contributed by atoms with Crippen molar-refractivity contribution in [3.05, 3.63) is 64.7 Å². The summed E-state index contributed by atoms with van der Waals surface area (Å²) in [7, 11) is 0. The van der Waals surface area contributed by atoms with Crippen LogP contribution in [-0.4, -0.2) is 68.6 Å². The number of fused-ring (bicyclic) bond motifs is 1. The second-order valence-electron chi connectivity index (χ2n) is 8.03. The molecule has 5 atom stereocenters. The quantitative estimate of drug-likeness (QED) is 0.400. The fraction of sp³-hybridized carbons (Fsp3) is 0.375. The van der Waals surface area contributed by atoms with E-state index >= 15 is 0 Å². The molecule has 1 saturated heterocycles. The van der Waals surface area contributed by atoms with Gasteiger partial charge in [-0.05, 0) is 41.7 Å². The lowest BCUT2D eigenvalue weighted by atomic mass is 9.98. The summed E-state index contributed by atoms with van der Waals surface area (Å²) in [5.74, 6) is -0.677. The number of carbonyl (C=O) groups excluding carboxylic acids is 1. The highest BCUT2D eigenvalue weighted by Crippen LogP contribution is 2.32. The van der Waals surface area contributed by atoms with Gasteiger partial charge in [-0.1, -0.05) is 36.4 Å². The molecule has 1 aliphatic heterocycles. The summed E-state index contributed by atoms with van der Waals surface area (Å²) in [5, 5.41) is 49.8. The van der Waals surface area contributed by atoms with E-state index in [1.165, 1.54) is 23.8 Å². The van der Waals surface area contributed by atoms with Crippen LogP contribution in [0.3, 0.4) is 0 Å². The standard InChI is InChI=1S/C24H26O8/c25-12-19-21(28)22(29)23(30)24(32-19)31-18-6-2-5-16(26)20(18)17(27)10-8-13-7-9-14-3-1-4-15(14)11-13/h1-2,4-7,9,11,19,21-26,28-30H,3,8,10,12H2/t19-,21-,22+,23-,24-/m1/s1. The minimum atomic E-state index is -1.63. The largest absolute Gasteiger partial charge is 0.507 e. The van der Waals surface area contributed by atoms with Crippen molar-refractivity contribution >= 4 is 11.9 Å². The van der Waals surface area contributed by atoms with Gasteiger partial charge in [-0.15, -0.1) is 0 Å². The molecule has 5 N–H and O–H groups in total. The normalized spacial score (nSPS) is 26.7. The van der Waals surface area contributed by atoms with Crippen LogP contribution in [0.2, 0.25) is 0 Å². The second kappa shape index (κ2) is 9.40. The van der Waals surface area contributed by atoms with Gasteiger partial charge in [0.05, 0.1) is 6.61 Å². The van der Waals surface area contributed by atoms with Crippen molar-refractivity contribution in [2.45, 2.75) is 50.0 Å². The number of phenolic OH excluding ortho intramolecular Hbond substituents is 1. The Morgan fingerprint density at radius 2 is 1.91 bits per heavy atom. The van der Waals surface area contributed by atoms with E-state index in [0.29, 0.717) is 6.42 Å². The van der Waals surface area contributed by atoms with Gasteiger partial charge in [0.25, 0.3) is 0 Å². The molecule has 8 heteroatoms. The minimum Gasteiger partial charge on any atom is -0.507 e. The Hall–Kier alpha value is -2.75. The van der Waals surface area contributed by atoms with Gasteiger partial charge in [0.15, 0.2) is 5.78 Å². The number of ether oxygens (including phenoxy) is 2. The van der Waals surface area contributed by atoms with E-state index in [2.05, 4.69) is 12.2 Å². The van der Waals surface area contributed by atoms with E-state index < -0.39 is 37.3 Å². The zero-order valence-corrected chi connectivity index (χ0v) is 17.3. The van der Waals surface area contributed by atoms with Gasteiger partial charge in [0.1, 0.15) is 41.5 Å². The summed E-state index contributed by atoms with van der Waals surface area (Å²) < 4.78 is 11.0. The van der Waals surface area contributed by atoms with Crippen molar-refractivity contribution in [1.82, 2.24) is 0 Å². The molecule has 0 radical (unpaired) electrons. The molecule has 2 aromatic carbocycles. The predicted octanol–water partition coefficient (Wildman–Crippen LogP) is 0.956. The summed E-state index contributed by atoms with van der Waals surface area (Å²) in [6, 6.07) is 10.3. The fourth-order valence-corrected chi connectivity index (χ4v) is 4.02. The van der Waals surface area contributed by atoms with Gasteiger partial charge in [0, 0.05) is 6.42 Å². The van der Waals surface area contributed by atoms with Gasteiger partial charge in [-0.3, -0.25) is 4.79 Å². The molecular formula is C24H26O8. The minimum absolute atomic E-state index is 0.0313. The Morgan fingerprint density at radius 3 is 2.69 bits per heavy atom. The maximum absolute atomic E-state index is 13.0. The summed E-state index contributed by atoms with van der Waals surface area (Å²) in [4.78, 5) is 13.0. The third-order valence-electron chi connectivity index (χ3n) is 5.86. The maximum Gasteiger partial charge on any atom is 0.229 e. The van der Waals surface area contributed by atoms with E-state index in [1.54, 1.807) is 0 Å². The maximum atomic E-state index is 13.0. The third kappa shape index (κ3) is 4.41. The van der Waals surface area contributed by atoms with E-state index in [1.807, 2.05) is 18.2 Å². The van der Waals surface area contributed by atoms with Crippen LogP contribution < -0.4 is 4.74 Å². The van der Waals surface area contributed by atoms with Gasteiger partial charge in [-0.25, -0.2) is 0 Å². The van der Waals surface area contributed by atoms with E-state index in [-0.39, 0.29) is 29.3 Å². The predicted molar refractivity (Wildman–Crippen MR) is 114 cm³/mol. The molecule has 8 nitrogen and oxygen atoms in total. The van der Waals surface area contributed by atoms with Crippen LogP contribution in [-0.2, 0) is 17.6 Å².